The van der Waals surface area contributed by atoms with E-state index in [1.807, 2.05) is 6.07 Å². The van der Waals surface area contributed by atoms with Gasteiger partial charge < -0.3 is 14.4 Å². The number of methoxy groups -OCH3 is 1. The van der Waals surface area contributed by atoms with Crippen molar-refractivity contribution < 1.29 is 23.9 Å². The molecule has 1 saturated heterocycles. The topological polar surface area (TPSA) is 76.2 Å². The number of thioether (sulfide) groups is 1. The Morgan fingerprint density at radius 3 is 2.59 bits per heavy atom. The van der Waals surface area contributed by atoms with E-state index in [1.165, 1.54) is 12.5 Å². The Hall–Kier alpha value is -2.48. The molecule has 3 rings (SSSR count). The number of hydrogen-bond acceptors (Lipinski definition) is 7. The molecule has 1 fully saturated rings. The van der Waals surface area contributed by atoms with Gasteiger partial charge >= 0.3 is 5.97 Å². The van der Waals surface area contributed by atoms with Gasteiger partial charge in [-0.15, -0.1) is 0 Å². The van der Waals surface area contributed by atoms with Gasteiger partial charge in [0, 0.05) is 29.4 Å². The fourth-order valence-corrected chi connectivity index (χ4v) is 5.64. The van der Waals surface area contributed by atoms with Gasteiger partial charge in [0.1, 0.15) is 11.8 Å². The average Bonchev–Trinajstić information content (AvgIpc) is 3.00. The van der Waals surface area contributed by atoms with Crippen molar-refractivity contribution in [3.05, 3.63) is 28.2 Å². The average molecular weight is 461 g/mol. The van der Waals surface area contributed by atoms with Crippen molar-refractivity contribution in [3.8, 4) is 5.75 Å². The Morgan fingerprint density at radius 1 is 1.31 bits per heavy atom. The highest BCUT2D eigenvalue weighted by molar-refractivity contribution is 8.18. The lowest BCUT2D eigenvalue weighted by Gasteiger charge is -2.47. The minimum absolute atomic E-state index is 0.0274. The van der Waals surface area contributed by atoms with Crippen LogP contribution in [0.3, 0.4) is 0 Å². The Labute approximate surface area is 194 Å². The molecular formula is C24H32N2O5S. The van der Waals surface area contributed by atoms with E-state index in [1.54, 1.807) is 20.1 Å². The monoisotopic (exact) mass is 460 g/mol. The summed E-state index contributed by atoms with van der Waals surface area (Å²) in [6.45, 7) is 13.1. The van der Waals surface area contributed by atoms with E-state index in [0.29, 0.717) is 11.7 Å². The molecule has 2 aliphatic rings. The molecule has 2 heterocycles. The first kappa shape index (κ1) is 24.2. The highest BCUT2D eigenvalue weighted by Crippen LogP contribution is 2.46. The summed E-state index contributed by atoms with van der Waals surface area (Å²) in [6.07, 6.45) is 2.69. The fourth-order valence-electron chi connectivity index (χ4n) is 4.74. The summed E-state index contributed by atoms with van der Waals surface area (Å²) in [4.78, 5) is 41.2. The number of carbonyl (C=O) groups is 3. The second kappa shape index (κ2) is 9.17. The fraction of sp³-hybridized carbons (Fsp3) is 0.542. The van der Waals surface area contributed by atoms with Crippen molar-refractivity contribution in [1.82, 2.24) is 4.90 Å². The molecule has 174 valence electrons. The first-order chi connectivity index (χ1) is 15.0. The third-order valence-corrected chi connectivity index (χ3v) is 7.06. The number of hydrogen-bond donors (Lipinski definition) is 0. The van der Waals surface area contributed by atoms with E-state index >= 15 is 0 Å². The normalized spacial score (nSPS) is 22.2. The summed E-state index contributed by atoms with van der Waals surface area (Å²) in [5, 5.41) is -0.481. The standard InChI is InChI=1S/C24H32N2O5S/c1-8-25-18-12-19(30-7)16(10-17(18)14(3)13-24(25,5)6)11-20-21(27)26(23(29)32-20)15(4)22(28)31-9-2/h10-12,14-15H,8-9,13H2,1-7H3/b20-11-. The van der Waals surface area contributed by atoms with Crippen molar-refractivity contribution in [3.63, 3.8) is 0 Å². The number of nitrogens with zero attached hydrogens (tertiary/aromatic N) is 2. The van der Waals surface area contributed by atoms with Gasteiger partial charge in [0.2, 0.25) is 0 Å². The molecule has 32 heavy (non-hydrogen) atoms. The van der Waals surface area contributed by atoms with Gasteiger partial charge in [-0.1, -0.05) is 6.92 Å². The lowest BCUT2D eigenvalue weighted by molar-refractivity contribution is -0.150. The molecule has 1 aromatic carbocycles. The van der Waals surface area contributed by atoms with Crippen LogP contribution < -0.4 is 9.64 Å². The molecule has 2 aliphatic heterocycles. The Kier molecular flexibility index (Phi) is 6.93. The molecule has 0 spiro atoms. The van der Waals surface area contributed by atoms with Gasteiger partial charge in [0.15, 0.2) is 0 Å². The number of carbonyl (C=O) groups excluding carboxylic acids is 3. The first-order valence-corrected chi connectivity index (χ1v) is 11.8. The highest BCUT2D eigenvalue weighted by Gasteiger charge is 2.42. The van der Waals surface area contributed by atoms with E-state index < -0.39 is 23.2 Å². The van der Waals surface area contributed by atoms with E-state index in [9.17, 15) is 14.4 Å². The lowest BCUT2D eigenvalue weighted by atomic mass is 9.79. The Balaban J connectivity index is 2.01. The zero-order valence-electron chi connectivity index (χ0n) is 19.9. The minimum atomic E-state index is -0.973. The number of fused-ring (bicyclic) bond motifs is 1. The van der Waals surface area contributed by atoms with Crippen molar-refractivity contribution in [2.45, 2.75) is 65.5 Å². The Bertz CT molecular complexity index is 971. The molecule has 0 saturated carbocycles. The van der Waals surface area contributed by atoms with Gasteiger partial charge in [-0.25, -0.2) is 4.79 Å². The molecule has 2 amide bonds. The van der Waals surface area contributed by atoms with Gasteiger partial charge in [0.05, 0.1) is 18.6 Å². The second-order valence-electron chi connectivity index (χ2n) is 8.79. The van der Waals surface area contributed by atoms with E-state index in [0.717, 1.165) is 40.9 Å². The van der Waals surface area contributed by atoms with E-state index in [-0.39, 0.29) is 17.1 Å². The maximum Gasteiger partial charge on any atom is 0.329 e. The quantitative estimate of drug-likeness (QED) is 0.446. The molecule has 0 aromatic heterocycles. The summed E-state index contributed by atoms with van der Waals surface area (Å²) in [7, 11) is 1.60. The van der Waals surface area contributed by atoms with Crippen LogP contribution in [0.15, 0.2) is 17.0 Å². The van der Waals surface area contributed by atoms with Gasteiger partial charge in [-0.2, -0.15) is 0 Å². The van der Waals surface area contributed by atoms with Crippen LogP contribution in [0.5, 0.6) is 5.75 Å². The van der Waals surface area contributed by atoms with Crippen LogP contribution in [-0.4, -0.2) is 53.9 Å². The molecule has 7 nitrogen and oxygen atoms in total. The number of ether oxygens (including phenoxy) is 2. The summed E-state index contributed by atoms with van der Waals surface area (Å²) in [6, 6.07) is 3.10. The summed E-state index contributed by atoms with van der Waals surface area (Å²) >= 11 is 0.827. The predicted octanol–water partition coefficient (Wildman–Crippen LogP) is 4.80. The van der Waals surface area contributed by atoms with Crippen molar-refractivity contribution in [1.29, 1.82) is 0 Å². The van der Waals surface area contributed by atoms with Gasteiger partial charge in [-0.3, -0.25) is 14.5 Å². The SMILES string of the molecule is CCOC(=O)C(C)N1C(=O)S/C(=C\c2cc3c(cc2OC)N(CC)C(C)(C)CC3C)C1=O. The molecule has 0 N–H and O–H groups in total. The van der Waals surface area contributed by atoms with Crippen LogP contribution in [0.1, 0.15) is 65.0 Å². The zero-order valence-corrected chi connectivity index (χ0v) is 20.7. The van der Waals surface area contributed by atoms with Crippen molar-refractivity contribution in [2.75, 3.05) is 25.2 Å². The third-order valence-electron chi connectivity index (χ3n) is 6.18. The molecule has 2 atom stereocenters. The number of esters is 1. The zero-order chi connectivity index (χ0) is 23.8. The van der Waals surface area contributed by atoms with Gasteiger partial charge in [0.25, 0.3) is 11.1 Å². The molecule has 0 radical (unpaired) electrons. The van der Waals surface area contributed by atoms with Crippen LogP contribution >= 0.6 is 11.8 Å². The molecule has 0 bridgehead atoms. The molecule has 8 heteroatoms. The van der Waals surface area contributed by atoms with Crippen molar-refractivity contribution in [2.24, 2.45) is 0 Å². The molecule has 1 aromatic rings. The Morgan fingerprint density at radius 2 is 2.00 bits per heavy atom. The predicted molar refractivity (Wildman–Crippen MR) is 127 cm³/mol. The highest BCUT2D eigenvalue weighted by atomic mass is 32.2. The molecular weight excluding hydrogens is 428 g/mol. The smallest absolute Gasteiger partial charge is 0.329 e. The molecule has 2 unspecified atom stereocenters. The van der Waals surface area contributed by atoms with E-state index in [4.69, 9.17) is 9.47 Å². The largest absolute Gasteiger partial charge is 0.496 e. The molecule has 0 aliphatic carbocycles. The van der Waals surface area contributed by atoms with Crippen LogP contribution in [0.4, 0.5) is 10.5 Å². The van der Waals surface area contributed by atoms with E-state index in [2.05, 4.69) is 38.7 Å². The van der Waals surface area contributed by atoms with Crippen LogP contribution in [-0.2, 0) is 14.3 Å². The third kappa shape index (κ3) is 4.25. The minimum Gasteiger partial charge on any atom is -0.496 e. The number of imide groups is 1. The number of amides is 2. The van der Waals surface area contributed by atoms with Crippen LogP contribution in [0.25, 0.3) is 6.08 Å². The maximum atomic E-state index is 13.0. The number of benzene rings is 1. The lowest BCUT2D eigenvalue weighted by Crippen LogP contribution is -2.48. The summed E-state index contributed by atoms with van der Waals surface area (Å²) < 4.78 is 10.6. The first-order valence-electron chi connectivity index (χ1n) is 11.0. The summed E-state index contributed by atoms with van der Waals surface area (Å²) in [5.41, 5.74) is 3.09. The number of anilines is 1. The van der Waals surface area contributed by atoms with Crippen LogP contribution in [0, 0.1) is 0 Å². The van der Waals surface area contributed by atoms with Crippen molar-refractivity contribution >= 4 is 40.6 Å². The maximum absolute atomic E-state index is 13.0. The second-order valence-corrected chi connectivity index (χ2v) is 9.79. The number of rotatable bonds is 6. The van der Waals surface area contributed by atoms with Gasteiger partial charge in [-0.05, 0) is 76.4 Å². The van der Waals surface area contributed by atoms with Crippen LogP contribution in [0.2, 0.25) is 0 Å². The summed E-state index contributed by atoms with van der Waals surface area (Å²) in [5.74, 6) is -0.125.